The van der Waals surface area contributed by atoms with Crippen LogP contribution in [0.25, 0.3) is 0 Å². The average molecular weight is 303 g/mol. The van der Waals surface area contributed by atoms with Crippen LogP contribution in [0.15, 0.2) is 54.6 Å². The van der Waals surface area contributed by atoms with Gasteiger partial charge >= 0.3 is 0 Å². The van der Waals surface area contributed by atoms with E-state index in [4.69, 9.17) is 0 Å². The fourth-order valence-electron chi connectivity index (χ4n) is 2.25. The first kappa shape index (κ1) is 13.4. The predicted molar refractivity (Wildman–Crippen MR) is 82.2 cm³/mol. The minimum atomic E-state index is 0.415. The van der Waals surface area contributed by atoms with Crippen LogP contribution in [-0.4, -0.2) is 0 Å². The van der Waals surface area contributed by atoms with Gasteiger partial charge in [0, 0.05) is 4.83 Å². The molecule has 0 heterocycles. The minimum absolute atomic E-state index is 0.415. The molecule has 18 heavy (non-hydrogen) atoms. The van der Waals surface area contributed by atoms with Gasteiger partial charge in [-0.3, -0.25) is 0 Å². The summed E-state index contributed by atoms with van der Waals surface area (Å²) in [6.07, 6.45) is 1.11. The Bertz CT molecular complexity index is 490. The molecule has 0 saturated heterocycles. The molecule has 2 aromatic rings. The van der Waals surface area contributed by atoms with Gasteiger partial charge in [0.05, 0.1) is 0 Å². The lowest BCUT2D eigenvalue weighted by Crippen LogP contribution is -2.08. The summed E-state index contributed by atoms with van der Waals surface area (Å²) < 4.78 is 0. The lowest BCUT2D eigenvalue weighted by molar-refractivity contribution is 0.571. The predicted octanol–water partition coefficient (Wildman–Crippen LogP) is 5.31. The first-order valence-electron chi connectivity index (χ1n) is 6.42. The van der Waals surface area contributed by atoms with Gasteiger partial charge in [0.1, 0.15) is 0 Å². The van der Waals surface area contributed by atoms with Crippen molar-refractivity contribution in [2.24, 2.45) is 5.92 Å². The van der Waals surface area contributed by atoms with Gasteiger partial charge in [-0.1, -0.05) is 77.5 Å². The quantitative estimate of drug-likeness (QED) is 0.671. The van der Waals surface area contributed by atoms with E-state index in [-0.39, 0.29) is 0 Å². The largest absolute Gasteiger partial charge is 0.0836 e. The number of alkyl halides is 1. The monoisotopic (exact) mass is 302 g/mol. The molecule has 2 atom stereocenters. The maximum absolute atomic E-state index is 3.83. The molecule has 0 amide bonds. The van der Waals surface area contributed by atoms with Gasteiger partial charge < -0.3 is 0 Å². The van der Waals surface area contributed by atoms with Crippen molar-refractivity contribution >= 4 is 15.9 Å². The zero-order valence-corrected chi connectivity index (χ0v) is 12.5. The second-order valence-corrected chi connectivity index (χ2v) is 5.91. The lowest BCUT2D eigenvalue weighted by atomic mass is 9.92. The van der Waals surface area contributed by atoms with Crippen LogP contribution >= 0.6 is 15.9 Å². The second kappa shape index (κ2) is 6.19. The first-order valence-corrected chi connectivity index (χ1v) is 7.33. The fourth-order valence-corrected chi connectivity index (χ4v) is 2.75. The number of rotatable bonds is 4. The molecule has 0 radical (unpaired) electrons. The molecule has 2 unspecified atom stereocenters. The fraction of sp³-hybridized carbons (Fsp3) is 0.294. The van der Waals surface area contributed by atoms with E-state index in [2.05, 4.69) is 84.4 Å². The lowest BCUT2D eigenvalue weighted by Gasteiger charge is -2.19. The molecule has 94 valence electrons. The number of benzene rings is 2. The van der Waals surface area contributed by atoms with Crippen molar-refractivity contribution in [1.82, 2.24) is 0 Å². The maximum atomic E-state index is 3.83. The Kier molecular flexibility index (Phi) is 4.60. The molecule has 1 heteroatoms. The van der Waals surface area contributed by atoms with Crippen LogP contribution in [0.1, 0.15) is 28.4 Å². The first-order chi connectivity index (χ1) is 8.68. The minimum Gasteiger partial charge on any atom is -0.0836 e. The summed E-state index contributed by atoms with van der Waals surface area (Å²) >= 11 is 3.83. The molecule has 0 bridgehead atoms. The van der Waals surface area contributed by atoms with Crippen LogP contribution in [0.5, 0.6) is 0 Å². The second-order valence-electron chi connectivity index (χ2n) is 4.92. The van der Waals surface area contributed by atoms with E-state index in [1.807, 2.05) is 0 Å². The van der Waals surface area contributed by atoms with Crippen molar-refractivity contribution in [3.05, 3.63) is 71.3 Å². The van der Waals surface area contributed by atoms with Crippen molar-refractivity contribution in [2.75, 3.05) is 0 Å². The molecule has 2 aromatic carbocycles. The standard InChI is InChI=1S/C17H19Br/c1-13-8-6-7-11-16(13)12-14(2)17(18)15-9-4-3-5-10-15/h3-11,14,17H,12H2,1-2H3. The van der Waals surface area contributed by atoms with E-state index in [1.165, 1.54) is 16.7 Å². The van der Waals surface area contributed by atoms with E-state index in [0.29, 0.717) is 10.7 Å². The molecule has 0 nitrogen and oxygen atoms in total. The Balaban J connectivity index is 2.09. The molecule has 0 aliphatic rings. The molecule has 0 spiro atoms. The highest BCUT2D eigenvalue weighted by molar-refractivity contribution is 9.09. The van der Waals surface area contributed by atoms with Crippen molar-refractivity contribution < 1.29 is 0 Å². The summed E-state index contributed by atoms with van der Waals surface area (Å²) in [5, 5.41) is 0. The van der Waals surface area contributed by atoms with Crippen molar-refractivity contribution in [2.45, 2.75) is 25.1 Å². The van der Waals surface area contributed by atoms with Gasteiger partial charge in [0.2, 0.25) is 0 Å². The third-order valence-corrected chi connectivity index (χ3v) is 4.85. The van der Waals surface area contributed by atoms with Crippen molar-refractivity contribution in [3.63, 3.8) is 0 Å². The molecule has 0 saturated carbocycles. The molecular weight excluding hydrogens is 284 g/mol. The molecule has 0 fully saturated rings. The van der Waals surface area contributed by atoms with Crippen LogP contribution in [0.4, 0.5) is 0 Å². The molecule has 2 rings (SSSR count). The molecular formula is C17H19Br. The number of hydrogen-bond acceptors (Lipinski definition) is 0. The van der Waals surface area contributed by atoms with E-state index in [0.717, 1.165) is 6.42 Å². The highest BCUT2D eigenvalue weighted by atomic mass is 79.9. The number of aryl methyl sites for hydroxylation is 1. The third-order valence-electron chi connectivity index (χ3n) is 3.42. The van der Waals surface area contributed by atoms with Crippen LogP contribution in [-0.2, 0) is 6.42 Å². The Morgan fingerprint density at radius 1 is 0.944 bits per heavy atom. The Morgan fingerprint density at radius 2 is 1.56 bits per heavy atom. The normalized spacial score (nSPS) is 14.2. The molecule has 0 aliphatic carbocycles. The van der Waals surface area contributed by atoms with Crippen LogP contribution in [0.3, 0.4) is 0 Å². The topological polar surface area (TPSA) is 0 Å². The Morgan fingerprint density at radius 3 is 2.22 bits per heavy atom. The summed E-state index contributed by atoms with van der Waals surface area (Å²) in [4.78, 5) is 0.415. The SMILES string of the molecule is Cc1ccccc1CC(C)C(Br)c1ccccc1. The van der Waals surface area contributed by atoms with Gasteiger partial charge in [-0.2, -0.15) is 0 Å². The Labute approximate surface area is 118 Å². The van der Waals surface area contributed by atoms with Gasteiger partial charge in [-0.15, -0.1) is 0 Å². The maximum Gasteiger partial charge on any atom is 0.0424 e. The van der Waals surface area contributed by atoms with E-state index < -0.39 is 0 Å². The summed E-state index contributed by atoms with van der Waals surface area (Å²) in [5.41, 5.74) is 4.20. The highest BCUT2D eigenvalue weighted by Crippen LogP contribution is 2.33. The van der Waals surface area contributed by atoms with Gasteiger partial charge in [0.15, 0.2) is 0 Å². The summed E-state index contributed by atoms with van der Waals surface area (Å²) in [5.74, 6) is 0.577. The van der Waals surface area contributed by atoms with Crippen LogP contribution in [0, 0.1) is 12.8 Å². The molecule has 0 N–H and O–H groups in total. The summed E-state index contributed by atoms with van der Waals surface area (Å²) in [6, 6.07) is 19.3. The zero-order chi connectivity index (χ0) is 13.0. The number of hydrogen-bond donors (Lipinski definition) is 0. The van der Waals surface area contributed by atoms with E-state index in [9.17, 15) is 0 Å². The van der Waals surface area contributed by atoms with Gasteiger partial charge in [-0.25, -0.2) is 0 Å². The summed E-state index contributed by atoms with van der Waals surface area (Å²) in [6.45, 7) is 4.49. The van der Waals surface area contributed by atoms with Crippen LogP contribution in [0.2, 0.25) is 0 Å². The molecule has 0 aromatic heterocycles. The van der Waals surface area contributed by atoms with Crippen molar-refractivity contribution in [3.8, 4) is 0 Å². The smallest absolute Gasteiger partial charge is 0.0424 e. The number of halogens is 1. The van der Waals surface area contributed by atoms with E-state index >= 15 is 0 Å². The Hall–Kier alpha value is -1.08. The average Bonchev–Trinajstić information content (AvgIpc) is 2.41. The van der Waals surface area contributed by atoms with Crippen LogP contribution < -0.4 is 0 Å². The zero-order valence-electron chi connectivity index (χ0n) is 10.9. The van der Waals surface area contributed by atoms with E-state index in [1.54, 1.807) is 0 Å². The third kappa shape index (κ3) is 3.23. The van der Waals surface area contributed by atoms with Gasteiger partial charge in [-0.05, 0) is 36.0 Å². The molecule has 0 aliphatic heterocycles. The van der Waals surface area contributed by atoms with Gasteiger partial charge in [0.25, 0.3) is 0 Å². The highest BCUT2D eigenvalue weighted by Gasteiger charge is 2.16. The summed E-state index contributed by atoms with van der Waals surface area (Å²) in [7, 11) is 0. The van der Waals surface area contributed by atoms with Crippen molar-refractivity contribution in [1.29, 1.82) is 0 Å².